The maximum atomic E-state index is 12.9. The van der Waals surface area contributed by atoms with E-state index in [-0.39, 0.29) is 11.6 Å². The second-order valence-corrected chi connectivity index (χ2v) is 9.65. The first-order valence-electron chi connectivity index (χ1n) is 7.16. The topological polar surface area (TPSA) is 34.1 Å². The second kappa shape index (κ2) is 5.87. The van der Waals surface area contributed by atoms with Crippen LogP contribution in [0.15, 0.2) is 52.8 Å². The van der Waals surface area contributed by atoms with Crippen LogP contribution in [0.25, 0.3) is 0 Å². The summed E-state index contributed by atoms with van der Waals surface area (Å²) in [7, 11) is 0. The lowest BCUT2D eigenvalue weighted by Gasteiger charge is -2.01. The number of rotatable bonds is 0. The van der Waals surface area contributed by atoms with Gasteiger partial charge in [-0.1, -0.05) is 55.4 Å². The van der Waals surface area contributed by atoms with E-state index in [0.717, 1.165) is 29.9 Å². The SMILES string of the molecule is Cc1cc(Br)cc2c1C(=O)C(=C1Sc3cc(Br)cc(C)c3C1=O)S2. The van der Waals surface area contributed by atoms with Crippen LogP contribution in [0.3, 0.4) is 0 Å². The van der Waals surface area contributed by atoms with Crippen LogP contribution in [-0.4, -0.2) is 11.6 Å². The lowest BCUT2D eigenvalue weighted by atomic mass is 10.0. The monoisotopic (exact) mass is 480 g/mol. The van der Waals surface area contributed by atoms with E-state index in [4.69, 9.17) is 0 Å². The predicted molar refractivity (Wildman–Crippen MR) is 105 cm³/mol. The number of fused-ring (bicyclic) bond motifs is 2. The molecule has 0 bridgehead atoms. The number of allylic oxidation sites excluding steroid dienone is 2. The Morgan fingerprint density at radius 2 is 1.08 bits per heavy atom. The van der Waals surface area contributed by atoms with E-state index in [1.165, 1.54) is 23.5 Å². The molecule has 4 rings (SSSR count). The average molecular weight is 482 g/mol. The minimum absolute atomic E-state index is 0.0413. The molecule has 0 N–H and O–H groups in total. The Labute approximate surface area is 164 Å². The van der Waals surface area contributed by atoms with Crippen molar-refractivity contribution in [1.29, 1.82) is 0 Å². The van der Waals surface area contributed by atoms with Crippen molar-refractivity contribution in [3.05, 3.63) is 65.3 Å². The number of halogens is 2. The first kappa shape index (κ1) is 16.6. The predicted octanol–water partition coefficient (Wildman–Crippen LogP) is 6.32. The van der Waals surface area contributed by atoms with Crippen LogP contribution >= 0.6 is 55.4 Å². The molecular weight excluding hydrogens is 472 g/mol. The summed E-state index contributed by atoms with van der Waals surface area (Å²) in [6.07, 6.45) is 0. The first-order chi connectivity index (χ1) is 11.4. The van der Waals surface area contributed by atoms with Gasteiger partial charge in [0.1, 0.15) is 0 Å². The molecule has 0 saturated heterocycles. The molecule has 0 spiro atoms. The number of carbonyl (C=O) groups is 2. The second-order valence-electron chi connectivity index (χ2n) is 5.71. The van der Waals surface area contributed by atoms with Crippen molar-refractivity contribution in [2.75, 3.05) is 0 Å². The largest absolute Gasteiger partial charge is 0.288 e. The summed E-state index contributed by atoms with van der Waals surface area (Å²) in [5, 5.41) is 0. The number of aryl methyl sites for hydroxylation is 2. The Balaban J connectivity index is 1.86. The Morgan fingerprint density at radius 3 is 1.46 bits per heavy atom. The van der Waals surface area contributed by atoms with Crippen molar-refractivity contribution < 1.29 is 9.59 Å². The van der Waals surface area contributed by atoms with Crippen LogP contribution in [0.2, 0.25) is 0 Å². The molecule has 0 unspecified atom stereocenters. The van der Waals surface area contributed by atoms with E-state index in [2.05, 4.69) is 31.9 Å². The summed E-state index contributed by atoms with van der Waals surface area (Å²) in [6.45, 7) is 3.85. The third-order valence-corrected chi connectivity index (χ3v) is 7.34. The summed E-state index contributed by atoms with van der Waals surface area (Å²) < 4.78 is 1.89. The summed E-state index contributed by atoms with van der Waals surface area (Å²) in [5.74, 6) is -0.0826. The third-order valence-electron chi connectivity index (χ3n) is 4.03. The Kier molecular flexibility index (Phi) is 4.07. The van der Waals surface area contributed by atoms with Crippen molar-refractivity contribution in [1.82, 2.24) is 0 Å². The van der Waals surface area contributed by atoms with Crippen molar-refractivity contribution >= 4 is 67.0 Å². The minimum atomic E-state index is -0.0413. The van der Waals surface area contributed by atoms with Crippen molar-refractivity contribution in [3.8, 4) is 0 Å². The van der Waals surface area contributed by atoms with Crippen molar-refractivity contribution in [2.45, 2.75) is 23.6 Å². The fourth-order valence-electron chi connectivity index (χ4n) is 3.01. The number of Topliss-reactive ketones (excluding diaryl/α,β-unsaturated/α-hetero) is 2. The van der Waals surface area contributed by atoms with Gasteiger partial charge in [0.2, 0.25) is 11.6 Å². The molecule has 0 radical (unpaired) electrons. The average Bonchev–Trinajstić information content (AvgIpc) is 2.96. The molecule has 2 aliphatic rings. The van der Waals surface area contributed by atoms with Gasteiger partial charge in [0.15, 0.2) is 0 Å². The van der Waals surface area contributed by atoms with E-state index in [0.29, 0.717) is 20.9 Å². The highest BCUT2D eigenvalue weighted by Crippen LogP contribution is 2.51. The molecule has 2 aromatic rings. The normalized spacial score (nSPS) is 19.0. The van der Waals surface area contributed by atoms with E-state index >= 15 is 0 Å². The lowest BCUT2D eigenvalue weighted by Crippen LogP contribution is -2.04. The van der Waals surface area contributed by atoms with Gasteiger partial charge in [-0.2, -0.15) is 0 Å². The van der Waals surface area contributed by atoms with Gasteiger partial charge in [-0.05, 0) is 49.2 Å². The molecule has 6 heteroatoms. The molecule has 24 heavy (non-hydrogen) atoms. The van der Waals surface area contributed by atoms with E-state index in [1.807, 2.05) is 38.1 Å². The van der Waals surface area contributed by atoms with Crippen LogP contribution < -0.4 is 0 Å². The van der Waals surface area contributed by atoms with Gasteiger partial charge in [-0.25, -0.2) is 0 Å². The summed E-state index contributed by atoms with van der Waals surface area (Å²) in [4.78, 5) is 28.7. The van der Waals surface area contributed by atoms with Gasteiger partial charge in [-0.3, -0.25) is 9.59 Å². The number of benzene rings is 2. The highest BCUT2D eigenvalue weighted by atomic mass is 79.9. The van der Waals surface area contributed by atoms with Gasteiger partial charge in [-0.15, -0.1) is 0 Å². The number of ketones is 2. The number of carbonyl (C=O) groups excluding carboxylic acids is 2. The van der Waals surface area contributed by atoms with E-state index in [9.17, 15) is 9.59 Å². The van der Waals surface area contributed by atoms with E-state index in [1.54, 1.807) is 0 Å². The van der Waals surface area contributed by atoms with E-state index < -0.39 is 0 Å². The fraction of sp³-hybridized carbons (Fsp3) is 0.111. The van der Waals surface area contributed by atoms with Crippen molar-refractivity contribution in [2.24, 2.45) is 0 Å². The van der Waals surface area contributed by atoms with Crippen LogP contribution in [0.4, 0.5) is 0 Å². The molecule has 2 heterocycles. The standard InChI is InChI=1S/C18H10Br2O2S2/c1-7-3-9(19)5-11-13(7)15(21)17(23-11)18-16(22)14-8(2)4-10(20)6-12(14)24-18/h3-6H,1-2H3. The van der Waals surface area contributed by atoms with Gasteiger partial charge in [0.25, 0.3) is 0 Å². The maximum absolute atomic E-state index is 12.9. The van der Waals surface area contributed by atoms with Crippen molar-refractivity contribution in [3.63, 3.8) is 0 Å². The molecule has 0 saturated carbocycles. The zero-order valence-corrected chi connectivity index (χ0v) is 17.5. The van der Waals surface area contributed by atoms with Crippen LogP contribution in [0.5, 0.6) is 0 Å². The lowest BCUT2D eigenvalue weighted by molar-refractivity contribution is 0.101. The smallest absolute Gasteiger partial charge is 0.202 e. The highest BCUT2D eigenvalue weighted by Gasteiger charge is 2.37. The Bertz CT molecular complexity index is 913. The molecule has 0 aromatic heterocycles. The molecule has 0 amide bonds. The summed E-state index contributed by atoms with van der Waals surface area (Å²) in [5.41, 5.74) is 3.29. The zero-order valence-electron chi connectivity index (χ0n) is 12.7. The molecule has 120 valence electrons. The fourth-order valence-corrected chi connectivity index (χ4v) is 6.99. The third kappa shape index (κ3) is 2.46. The number of thioether (sulfide) groups is 2. The van der Waals surface area contributed by atoms with Gasteiger partial charge >= 0.3 is 0 Å². The Hall–Kier alpha value is -0.820. The summed E-state index contributed by atoms with van der Waals surface area (Å²) in [6, 6.07) is 7.75. The van der Waals surface area contributed by atoms with Crippen LogP contribution in [-0.2, 0) is 0 Å². The van der Waals surface area contributed by atoms with Gasteiger partial charge in [0.05, 0.1) is 9.81 Å². The van der Waals surface area contributed by atoms with Crippen LogP contribution in [0.1, 0.15) is 31.8 Å². The maximum Gasteiger partial charge on any atom is 0.202 e. The quantitative estimate of drug-likeness (QED) is 0.412. The molecule has 2 aliphatic heterocycles. The molecular formula is C18H10Br2O2S2. The van der Waals surface area contributed by atoms with Crippen LogP contribution in [0, 0.1) is 13.8 Å². The molecule has 2 nitrogen and oxygen atoms in total. The van der Waals surface area contributed by atoms with Gasteiger partial charge < -0.3 is 0 Å². The van der Waals surface area contributed by atoms with Gasteiger partial charge in [0, 0.05) is 29.9 Å². The highest BCUT2D eigenvalue weighted by molar-refractivity contribution is 9.10. The molecule has 0 fully saturated rings. The minimum Gasteiger partial charge on any atom is -0.288 e. The zero-order chi connectivity index (χ0) is 17.2. The molecule has 0 aliphatic carbocycles. The molecule has 2 aromatic carbocycles. The molecule has 0 atom stereocenters. The number of hydrogen-bond donors (Lipinski definition) is 0. The number of hydrogen-bond acceptors (Lipinski definition) is 4. The first-order valence-corrected chi connectivity index (χ1v) is 10.4. The summed E-state index contributed by atoms with van der Waals surface area (Å²) >= 11 is 9.75. The Morgan fingerprint density at radius 1 is 0.708 bits per heavy atom.